The van der Waals surface area contributed by atoms with Crippen molar-refractivity contribution in [1.82, 2.24) is 10.3 Å². The highest BCUT2D eigenvalue weighted by atomic mass is 32.2. The summed E-state index contributed by atoms with van der Waals surface area (Å²) in [6, 6.07) is 38.9. The van der Waals surface area contributed by atoms with E-state index in [1.54, 1.807) is 66.9 Å². The Hall–Kier alpha value is -5.47. The van der Waals surface area contributed by atoms with E-state index < -0.39 is 11.8 Å². The topological polar surface area (TPSA) is 100 Å². The zero-order valence-electron chi connectivity index (χ0n) is 23.1. The van der Waals surface area contributed by atoms with Crippen LogP contribution in [0.5, 0.6) is 0 Å². The predicted octanol–water partition coefficient (Wildman–Crippen LogP) is 6.89. The standard InChI is InChI=1S/C35H28N4O3S/c40-33(39-32-13-7-8-22-36-32)24-43-30-20-18-29(19-21-30)37-35(42)31(38-34(41)28-11-5-2-6-12-28)23-25-14-16-27(17-15-25)26-9-3-1-4-10-26/h1-23H,24H2,(H,37,42)(H,38,41)(H,36,39,40)/b31-23-. The molecule has 0 atom stereocenters. The summed E-state index contributed by atoms with van der Waals surface area (Å²) >= 11 is 1.37. The van der Waals surface area contributed by atoms with Gasteiger partial charge in [-0.2, -0.15) is 0 Å². The number of pyridine rings is 1. The van der Waals surface area contributed by atoms with Gasteiger partial charge in [0.05, 0.1) is 5.75 Å². The highest BCUT2D eigenvalue weighted by Gasteiger charge is 2.15. The molecule has 212 valence electrons. The summed E-state index contributed by atoms with van der Waals surface area (Å²) in [6.07, 6.45) is 3.26. The zero-order chi connectivity index (χ0) is 29.9. The van der Waals surface area contributed by atoms with Crippen molar-refractivity contribution >= 4 is 47.1 Å². The highest BCUT2D eigenvalue weighted by molar-refractivity contribution is 8.00. The summed E-state index contributed by atoms with van der Waals surface area (Å²) in [6.45, 7) is 0. The monoisotopic (exact) mass is 584 g/mol. The van der Waals surface area contributed by atoms with Crippen LogP contribution in [0.3, 0.4) is 0 Å². The number of amides is 3. The molecule has 7 nitrogen and oxygen atoms in total. The maximum atomic E-state index is 13.4. The molecule has 3 amide bonds. The molecule has 0 spiro atoms. The number of nitrogens with zero attached hydrogens (tertiary/aromatic N) is 1. The average molecular weight is 585 g/mol. The van der Waals surface area contributed by atoms with Crippen molar-refractivity contribution in [2.75, 3.05) is 16.4 Å². The second kappa shape index (κ2) is 14.4. The SMILES string of the molecule is O=C(CSc1ccc(NC(=O)/C(=C/c2ccc(-c3ccccc3)cc2)NC(=O)c2ccccc2)cc1)Nc1ccccn1. The molecule has 0 aliphatic heterocycles. The van der Waals surface area contributed by atoms with E-state index in [1.165, 1.54) is 11.8 Å². The number of rotatable bonds is 10. The third-order valence-corrected chi connectivity index (χ3v) is 7.28. The predicted molar refractivity (Wildman–Crippen MR) is 172 cm³/mol. The normalized spacial score (nSPS) is 10.9. The molecule has 5 rings (SSSR count). The molecule has 0 saturated carbocycles. The molecule has 0 bridgehead atoms. The van der Waals surface area contributed by atoms with Gasteiger partial charge >= 0.3 is 0 Å². The van der Waals surface area contributed by atoms with Crippen molar-refractivity contribution < 1.29 is 14.4 Å². The van der Waals surface area contributed by atoms with E-state index in [-0.39, 0.29) is 17.4 Å². The van der Waals surface area contributed by atoms with E-state index in [0.29, 0.717) is 17.1 Å². The van der Waals surface area contributed by atoms with Crippen LogP contribution in [0.15, 0.2) is 144 Å². The second-order valence-corrected chi connectivity index (χ2v) is 10.4. The van der Waals surface area contributed by atoms with Crippen molar-refractivity contribution in [1.29, 1.82) is 0 Å². The number of carbonyl (C=O) groups is 3. The van der Waals surface area contributed by atoms with Crippen LogP contribution in [0.25, 0.3) is 17.2 Å². The van der Waals surface area contributed by atoms with E-state index in [1.807, 2.05) is 72.8 Å². The first-order valence-corrected chi connectivity index (χ1v) is 14.5. The maximum absolute atomic E-state index is 13.4. The Kier molecular flexibility index (Phi) is 9.74. The Labute approximate surface area is 254 Å². The van der Waals surface area contributed by atoms with Gasteiger partial charge in [0.1, 0.15) is 11.5 Å². The lowest BCUT2D eigenvalue weighted by atomic mass is 10.0. The van der Waals surface area contributed by atoms with E-state index >= 15 is 0 Å². The summed E-state index contributed by atoms with van der Waals surface area (Å²) < 4.78 is 0. The van der Waals surface area contributed by atoms with Crippen molar-refractivity contribution in [2.45, 2.75) is 4.90 Å². The van der Waals surface area contributed by atoms with Crippen LogP contribution in [-0.2, 0) is 9.59 Å². The summed E-state index contributed by atoms with van der Waals surface area (Å²) in [4.78, 5) is 43.5. The van der Waals surface area contributed by atoms with Gasteiger partial charge in [-0.3, -0.25) is 14.4 Å². The fraction of sp³-hybridized carbons (Fsp3) is 0.0286. The number of aromatic nitrogens is 1. The highest BCUT2D eigenvalue weighted by Crippen LogP contribution is 2.22. The van der Waals surface area contributed by atoms with Crippen LogP contribution in [0.1, 0.15) is 15.9 Å². The van der Waals surface area contributed by atoms with E-state index in [4.69, 9.17) is 0 Å². The molecule has 0 unspecified atom stereocenters. The molecule has 3 N–H and O–H groups in total. The molecule has 0 radical (unpaired) electrons. The quantitative estimate of drug-likeness (QED) is 0.123. The van der Waals surface area contributed by atoms with Gasteiger partial charge in [0.2, 0.25) is 5.91 Å². The van der Waals surface area contributed by atoms with Crippen LogP contribution in [0, 0.1) is 0 Å². The average Bonchev–Trinajstić information content (AvgIpc) is 3.05. The second-order valence-electron chi connectivity index (χ2n) is 9.40. The van der Waals surface area contributed by atoms with Crippen LogP contribution in [0.2, 0.25) is 0 Å². The lowest BCUT2D eigenvalue weighted by molar-refractivity contribution is -0.114. The molecule has 8 heteroatoms. The molecule has 0 saturated heterocycles. The third-order valence-electron chi connectivity index (χ3n) is 6.27. The Bertz CT molecular complexity index is 1710. The molecule has 5 aromatic rings. The fourth-order valence-corrected chi connectivity index (χ4v) is 4.81. The van der Waals surface area contributed by atoms with Gasteiger partial charge in [0.15, 0.2) is 0 Å². The smallest absolute Gasteiger partial charge is 0.272 e. The van der Waals surface area contributed by atoms with Gasteiger partial charge in [-0.15, -0.1) is 11.8 Å². The summed E-state index contributed by atoms with van der Waals surface area (Å²) in [7, 11) is 0. The lowest BCUT2D eigenvalue weighted by Crippen LogP contribution is -2.30. The molecule has 0 aliphatic carbocycles. The number of nitrogens with one attached hydrogen (secondary N) is 3. The van der Waals surface area contributed by atoms with E-state index in [2.05, 4.69) is 20.9 Å². The summed E-state index contributed by atoms with van der Waals surface area (Å²) in [5.74, 6) is -0.308. The Morgan fingerprint density at radius 1 is 0.674 bits per heavy atom. The van der Waals surface area contributed by atoms with Crippen LogP contribution in [0.4, 0.5) is 11.5 Å². The van der Waals surface area contributed by atoms with E-state index in [9.17, 15) is 14.4 Å². The zero-order valence-corrected chi connectivity index (χ0v) is 23.9. The first-order valence-electron chi connectivity index (χ1n) is 13.5. The molecule has 43 heavy (non-hydrogen) atoms. The Morgan fingerprint density at radius 3 is 2.00 bits per heavy atom. The maximum Gasteiger partial charge on any atom is 0.272 e. The molecular formula is C35H28N4O3S. The minimum atomic E-state index is -0.466. The van der Waals surface area contributed by atoms with Crippen LogP contribution < -0.4 is 16.0 Å². The molecule has 4 aromatic carbocycles. The van der Waals surface area contributed by atoms with Gasteiger partial charge in [0.25, 0.3) is 11.8 Å². The molecule has 0 aliphatic rings. The third kappa shape index (κ3) is 8.51. The van der Waals surface area contributed by atoms with Gasteiger partial charge < -0.3 is 16.0 Å². The van der Waals surface area contributed by atoms with Gasteiger partial charge in [0, 0.05) is 22.3 Å². The number of hydrogen-bond acceptors (Lipinski definition) is 5. The summed E-state index contributed by atoms with van der Waals surface area (Å²) in [5, 5.41) is 8.38. The first kappa shape index (κ1) is 29.0. The van der Waals surface area contributed by atoms with Gasteiger partial charge in [-0.05, 0) is 71.3 Å². The number of carbonyl (C=O) groups excluding carboxylic acids is 3. The van der Waals surface area contributed by atoms with Crippen LogP contribution >= 0.6 is 11.8 Å². The molecule has 0 fully saturated rings. The summed E-state index contributed by atoms with van der Waals surface area (Å²) in [5.41, 5.74) is 3.98. The van der Waals surface area contributed by atoms with Crippen molar-refractivity contribution in [2.24, 2.45) is 0 Å². The number of hydrogen-bond donors (Lipinski definition) is 3. The Balaban J connectivity index is 1.27. The largest absolute Gasteiger partial charge is 0.321 e. The minimum absolute atomic E-state index is 0.103. The molecular weight excluding hydrogens is 556 g/mol. The lowest BCUT2D eigenvalue weighted by Gasteiger charge is -2.12. The number of benzene rings is 4. The number of thioether (sulfide) groups is 1. The van der Waals surface area contributed by atoms with Gasteiger partial charge in [-0.25, -0.2) is 4.98 Å². The first-order chi connectivity index (χ1) is 21.0. The Morgan fingerprint density at radius 2 is 1.33 bits per heavy atom. The van der Waals surface area contributed by atoms with E-state index in [0.717, 1.165) is 21.6 Å². The number of anilines is 2. The van der Waals surface area contributed by atoms with Crippen LogP contribution in [-0.4, -0.2) is 28.5 Å². The minimum Gasteiger partial charge on any atom is -0.321 e. The van der Waals surface area contributed by atoms with Crippen molar-refractivity contribution in [3.8, 4) is 11.1 Å². The molecule has 1 heterocycles. The van der Waals surface area contributed by atoms with Crippen molar-refractivity contribution in [3.63, 3.8) is 0 Å². The molecule has 1 aromatic heterocycles. The van der Waals surface area contributed by atoms with Gasteiger partial charge in [-0.1, -0.05) is 78.9 Å². The fourth-order valence-electron chi connectivity index (χ4n) is 4.11. The van der Waals surface area contributed by atoms with Crippen molar-refractivity contribution in [3.05, 3.63) is 150 Å².